The average Bonchev–Trinajstić information content (AvgIpc) is 3.74. The lowest BCUT2D eigenvalue weighted by Gasteiger charge is -2.41. The number of likely N-dealkylation sites (tertiary alicyclic amines) is 1. The van der Waals surface area contributed by atoms with E-state index >= 15 is 0 Å². The first-order valence-corrected chi connectivity index (χ1v) is 21.9. The van der Waals surface area contributed by atoms with Crippen molar-refractivity contribution in [3.8, 4) is 0 Å². The van der Waals surface area contributed by atoms with E-state index in [1.54, 1.807) is 38.0 Å². The van der Waals surface area contributed by atoms with E-state index in [1.165, 1.54) is 5.06 Å². The summed E-state index contributed by atoms with van der Waals surface area (Å²) < 4.78 is 12.1. The maximum Gasteiger partial charge on any atom is 0.272 e. The smallest absolute Gasteiger partial charge is 0.272 e. The summed E-state index contributed by atoms with van der Waals surface area (Å²) in [4.78, 5) is 81.6. The summed E-state index contributed by atoms with van der Waals surface area (Å²) in [6.07, 6.45) is 3.01. The minimum Gasteiger partial charge on any atom is -0.379 e. The first kappa shape index (κ1) is 48.1. The monoisotopic (exact) mass is 827 g/mol. The highest BCUT2D eigenvalue weighted by molar-refractivity contribution is 5.96. The number of nitrogens with one attached hydrogen (secondary N) is 2. The maximum absolute atomic E-state index is 14.4. The highest BCUT2D eigenvalue weighted by atomic mass is 16.7. The van der Waals surface area contributed by atoms with Crippen LogP contribution in [-0.2, 0) is 38.3 Å². The molecule has 5 amide bonds. The lowest BCUT2D eigenvalue weighted by Crippen LogP contribution is -2.59. The molecule has 10 atom stereocenters. The van der Waals surface area contributed by atoms with Gasteiger partial charge in [-0.2, -0.15) is 0 Å². The quantitative estimate of drug-likeness (QED) is 0.197. The van der Waals surface area contributed by atoms with Gasteiger partial charge < -0.3 is 29.9 Å². The largest absolute Gasteiger partial charge is 0.379 e. The second-order valence-electron chi connectivity index (χ2n) is 18.0. The Labute approximate surface area is 353 Å². The van der Waals surface area contributed by atoms with Gasteiger partial charge in [-0.1, -0.05) is 85.2 Å². The van der Waals surface area contributed by atoms with Crippen molar-refractivity contribution in [2.75, 3.05) is 55.1 Å². The maximum atomic E-state index is 14.4. The van der Waals surface area contributed by atoms with Crippen molar-refractivity contribution in [3.63, 3.8) is 0 Å². The Morgan fingerprint density at radius 3 is 2.12 bits per heavy atom. The van der Waals surface area contributed by atoms with Crippen LogP contribution in [0.15, 0.2) is 30.3 Å². The van der Waals surface area contributed by atoms with Gasteiger partial charge in [0.1, 0.15) is 11.6 Å². The summed E-state index contributed by atoms with van der Waals surface area (Å²) in [5.74, 6) is -2.21. The molecule has 0 spiro atoms. The van der Waals surface area contributed by atoms with Crippen molar-refractivity contribution in [1.82, 2.24) is 30.4 Å². The fourth-order valence-electron chi connectivity index (χ4n) is 9.50. The molecule has 0 aromatic heterocycles. The predicted octanol–water partition coefficient (Wildman–Crippen LogP) is 4.23. The number of carbonyl (C=O) groups excluding carboxylic acids is 5. The lowest BCUT2D eigenvalue weighted by atomic mass is 9.89. The van der Waals surface area contributed by atoms with Gasteiger partial charge in [0.2, 0.25) is 23.6 Å². The standard InChI is InChI=1S/C45H74N6O8/c1-13-30(6)39(49(10)43(55)37(28(2)3)46-42(54)38(29(4)5)48(8)9)35(57-11)26-36(52)50-23-19-22-34(50)40(58-12)31(7)41(53)47-45(44(56)51-24-17-18-25-59-51)27-33(45)32-20-15-14-16-21-32/h14-16,20-21,28-31,33-35,37-40H,13,17-19,22-27H2,1-12H3,(H,46,54)(H,47,53)/t30-,31+,33+,34-,35+,37-,38-,39-,40+,45?/m0/s1. The Balaban J connectivity index is 1.51. The van der Waals surface area contributed by atoms with Crippen LogP contribution in [0.25, 0.3) is 0 Å². The number of nitrogens with zero attached hydrogens (tertiary/aromatic N) is 4. The van der Waals surface area contributed by atoms with Crippen molar-refractivity contribution in [3.05, 3.63) is 35.9 Å². The number of hydrogen-bond donors (Lipinski definition) is 2. The number of hydroxylamine groups is 2. The number of rotatable bonds is 20. The first-order valence-electron chi connectivity index (χ1n) is 21.9. The first-order chi connectivity index (χ1) is 27.9. The Morgan fingerprint density at radius 1 is 0.898 bits per heavy atom. The number of methoxy groups -OCH3 is 2. The van der Waals surface area contributed by atoms with Crippen LogP contribution < -0.4 is 10.6 Å². The average molecular weight is 827 g/mol. The van der Waals surface area contributed by atoms with Crippen molar-refractivity contribution in [1.29, 1.82) is 0 Å². The molecule has 332 valence electrons. The summed E-state index contributed by atoms with van der Waals surface area (Å²) in [6, 6.07) is 7.73. The molecule has 1 unspecified atom stereocenters. The fraction of sp³-hybridized carbons (Fsp3) is 0.756. The van der Waals surface area contributed by atoms with Crippen molar-refractivity contribution in [2.24, 2.45) is 23.7 Å². The highest BCUT2D eigenvalue weighted by Crippen LogP contribution is 2.53. The number of hydrogen-bond acceptors (Lipinski definition) is 9. The molecule has 2 heterocycles. The Morgan fingerprint density at radius 2 is 1.58 bits per heavy atom. The zero-order valence-corrected chi connectivity index (χ0v) is 37.9. The molecule has 2 N–H and O–H groups in total. The lowest BCUT2D eigenvalue weighted by molar-refractivity contribution is -0.200. The molecule has 1 aliphatic carbocycles. The summed E-state index contributed by atoms with van der Waals surface area (Å²) in [5, 5.41) is 7.62. The van der Waals surface area contributed by atoms with Crippen LogP contribution in [0.1, 0.15) is 105 Å². The van der Waals surface area contributed by atoms with Crippen LogP contribution in [0.5, 0.6) is 0 Å². The zero-order valence-electron chi connectivity index (χ0n) is 37.9. The molecule has 14 heteroatoms. The van der Waals surface area contributed by atoms with E-state index in [9.17, 15) is 24.0 Å². The van der Waals surface area contributed by atoms with Gasteiger partial charge in [0, 0.05) is 40.3 Å². The van der Waals surface area contributed by atoms with Crippen LogP contribution in [0, 0.1) is 23.7 Å². The third kappa shape index (κ3) is 11.0. The number of benzene rings is 1. The molecule has 1 aromatic rings. The van der Waals surface area contributed by atoms with E-state index in [4.69, 9.17) is 14.3 Å². The van der Waals surface area contributed by atoms with E-state index < -0.39 is 41.8 Å². The fourth-order valence-corrected chi connectivity index (χ4v) is 9.50. The van der Waals surface area contributed by atoms with Gasteiger partial charge in [0.05, 0.1) is 49.3 Å². The van der Waals surface area contributed by atoms with E-state index in [0.717, 1.165) is 31.2 Å². The number of amides is 5. The number of ether oxygens (including phenoxy) is 2. The van der Waals surface area contributed by atoms with E-state index in [-0.39, 0.29) is 65.7 Å². The Hall–Kier alpha value is -3.59. The predicted molar refractivity (Wildman–Crippen MR) is 227 cm³/mol. The summed E-state index contributed by atoms with van der Waals surface area (Å²) >= 11 is 0. The minimum absolute atomic E-state index is 0.0115. The van der Waals surface area contributed by atoms with E-state index in [1.807, 2.05) is 90.9 Å². The van der Waals surface area contributed by atoms with Crippen LogP contribution in [0.4, 0.5) is 0 Å². The third-order valence-electron chi connectivity index (χ3n) is 13.1. The molecular formula is C45H74N6O8. The van der Waals surface area contributed by atoms with Gasteiger partial charge in [-0.25, -0.2) is 5.06 Å². The molecule has 4 rings (SSSR count). The minimum atomic E-state index is -1.13. The molecular weight excluding hydrogens is 753 g/mol. The molecule has 3 fully saturated rings. The van der Waals surface area contributed by atoms with E-state index in [2.05, 4.69) is 10.6 Å². The normalized spacial score (nSPS) is 24.3. The summed E-state index contributed by atoms with van der Waals surface area (Å²) in [5.41, 5.74) is -0.154. The third-order valence-corrected chi connectivity index (χ3v) is 13.1. The molecule has 1 aromatic carbocycles. The Kier molecular flexibility index (Phi) is 17.3. The summed E-state index contributed by atoms with van der Waals surface area (Å²) in [7, 11) is 8.58. The Bertz CT molecular complexity index is 1560. The molecule has 1 saturated carbocycles. The van der Waals surface area contributed by atoms with Crippen LogP contribution in [0.2, 0.25) is 0 Å². The molecule has 14 nitrogen and oxygen atoms in total. The van der Waals surface area contributed by atoms with Crippen molar-refractivity contribution < 1.29 is 38.3 Å². The number of carbonyl (C=O) groups is 5. The van der Waals surface area contributed by atoms with Gasteiger partial charge >= 0.3 is 0 Å². The highest BCUT2D eigenvalue weighted by Gasteiger charge is 2.64. The zero-order chi connectivity index (χ0) is 43.8. The molecule has 0 bridgehead atoms. The van der Waals surface area contributed by atoms with Gasteiger partial charge in [0.25, 0.3) is 5.91 Å². The van der Waals surface area contributed by atoms with Crippen molar-refractivity contribution >= 4 is 29.5 Å². The molecule has 2 aliphatic heterocycles. The van der Waals surface area contributed by atoms with Crippen LogP contribution >= 0.6 is 0 Å². The second-order valence-corrected chi connectivity index (χ2v) is 18.0. The molecule has 2 saturated heterocycles. The van der Waals surface area contributed by atoms with Crippen LogP contribution in [-0.4, -0.2) is 146 Å². The van der Waals surface area contributed by atoms with E-state index in [0.29, 0.717) is 32.5 Å². The van der Waals surface area contributed by atoms with Crippen LogP contribution in [0.3, 0.4) is 0 Å². The topological polar surface area (TPSA) is 150 Å². The van der Waals surface area contributed by atoms with Gasteiger partial charge in [0.15, 0.2) is 0 Å². The SMILES string of the molecule is CC[C@H](C)[C@@H]([C@@H](CC(=O)N1CCC[C@H]1[C@H](OC)[C@@H](C)C(=O)NC1(C(=O)N2CCCCO2)C[C@@H]1c1ccccc1)OC)N(C)C(=O)[C@@H](NC(=O)[C@H](C(C)C)N(C)C)C(C)C. The van der Waals surface area contributed by atoms with Gasteiger partial charge in [-0.3, -0.25) is 33.7 Å². The number of likely N-dealkylation sites (N-methyl/N-ethyl adjacent to an activating group) is 2. The van der Waals surface area contributed by atoms with Gasteiger partial charge in [-0.05, 0) is 69.5 Å². The molecule has 0 radical (unpaired) electrons. The van der Waals surface area contributed by atoms with Crippen molar-refractivity contribution in [2.45, 2.75) is 141 Å². The molecule has 59 heavy (non-hydrogen) atoms. The van der Waals surface area contributed by atoms with Gasteiger partial charge in [-0.15, -0.1) is 0 Å². The second kappa shape index (κ2) is 21.3. The summed E-state index contributed by atoms with van der Waals surface area (Å²) in [6.45, 7) is 15.1. The molecule has 3 aliphatic rings.